The standard InChI is InChI=1S/C25H32F2O13S.C24H30F2O13S.C23H28F2O13S/c1-10(2)24(7-12-4-5-13(24)6-12)40-23(31)17-16-18-21(39-22(16)30)20(19(17)38-18)37-15(29)9-35-8-14(28)36-11(3)25(26,27)41(32,33)34;1-3-23(7-11-4-5-12(23)6-11)39-22(30)16-15-17-20(38-21(15)29)19(18(16)37-17)36-14(28)9-34-8-13(27)35-10(2)24(25,26)40(31,32)33;1-9(23(24,25)39(30,31)32)34-12(26)7-33-8-13(27)35-18-17-15(14-16(36-17)19(18)37-20(14)28)21(29)38-22(2)6-10-3-4-11(22)5-10/h10-13,16-21H,4-9H2,1-3H3,(H,32,33,34);10-12,15-20H,3-9H2,1-2H3,(H,31,32,33);9-11,14-19H,3-8H2,1-2H3,(H,30,31,32)/p-3. The third-order valence-electron chi connectivity index (χ3n) is 26.4. The third kappa shape index (κ3) is 16.6. The van der Waals surface area contributed by atoms with Crippen LogP contribution in [0, 0.1) is 76.9 Å². The lowest BCUT2D eigenvalue weighted by Gasteiger charge is -2.42. The van der Waals surface area contributed by atoms with Crippen molar-refractivity contribution in [2.45, 2.75) is 256 Å². The van der Waals surface area contributed by atoms with Gasteiger partial charge in [0.2, 0.25) is 0 Å². The van der Waals surface area contributed by atoms with Crippen molar-refractivity contribution >= 4 is 102 Å². The summed E-state index contributed by atoms with van der Waals surface area (Å²) in [5.74, 6) is -14.8. The first-order valence-electron chi connectivity index (χ1n) is 39.0. The molecule has 0 aromatic rings. The van der Waals surface area contributed by atoms with Gasteiger partial charge in [-0.05, 0) is 153 Å². The van der Waals surface area contributed by atoms with Gasteiger partial charge in [-0.15, -0.1) is 0 Å². The third-order valence-corrected chi connectivity index (χ3v) is 29.4. The average Bonchev–Trinajstić information content (AvgIpc) is 1.55. The van der Waals surface area contributed by atoms with E-state index in [4.69, 9.17) is 71.1 Å². The summed E-state index contributed by atoms with van der Waals surface area (Å²) in [5, 5.41) is -14.6. The molecule has 0 radical (unpaired) electrons. The first-order chi connectivity index (χ1) is 55.9. The zero-order valence-corrected chi connectivity index (χ0v) is 67.5. The van der Waals surface area contributed by atoms with E-state index in [9.17, 15) is 123 Å². The molecule has 672 valence electrons. The molecule has 120 heavy (non-hydrogen) atoms. The lowest BCUT2D eigenvalue weighted by atomic mass is 9.75. The van der Waals surface area contributed by atoms with Gasteiger partial charge < -0.3 is 98.9 Å². The molecule has 9 heterocycles. The van der Waals surface area contributed by atoms with Crippen molar-refractivity contribution in [2.75, 3.05) is 39.6 Å². The van der Waals surface area contributed by atoms with Crippen LogP contribution in [-0.4, -0.2) is 274 Å². The van der Waals surface area contributed by atoms with Crippen molar-refractivity contribution in [1.82, 2.24) is 0 Å². The minimum Gasteiger partial charge on any atom is -0.743 e. The Balaban J connectivity index is 0.000000156. The molecule has 6 saturated carbocycles. The van der Waals surface area contributed by atoms with Crippen molar-refractivity contribution in [3.63, 3.8) is 0 Å². The molecule has 15 fully saturated rings. The lowest BCUT2D eigenvalue weighted by Crippen LogP contribution is -2.52. The average molecular weight is 1790 g/mol. The molecule has 39 nitrogen and oxygen atoms in total. The zero-order valence-electron chi connectivity index (χ0n) is 65.0. The van der Waals surface area contributed by atoms with Gasteiger partial charge in [0, 0.05) is 0 Å². The van der Waals surface area contributed by atoms with Gasteiger partial charge in [-0.2, -0.15) is 26.3 Å². The monoisotopic (exact) mass is 1790 g/mol. The van der Waals surface area contributed by atoms with Crippen LogP contribution < -0.4 is 0 Å². The number of rotatable bonds is 32. The Bertz CT molecular complexity index is 4460. The van der Waals surface area contributed by atoms with E-state index >= 15 is 0 Å². The van der Waals surface area contributed by atoms with Gasteiger partial charge >= 0.3 is 87.4 Å². The second-order valence-corrected chi connectivity index (χ2v) is 38.0. The Morgan fingerprint density at radius 2 is 0.725 bits per heavy atom. The predicted molar refractivity (Wildman–Crippen MR) is 363 cm³/mol. The fraction of sp³-hybridized carbons (Fsp3) is 0.833. The van der Waals surface area contributed by atoms with E-state index in [1.165, 1.54) is 0 Å². The van der Waals surface area contributed by atoms with E-state index < -0.39 is 301 Å². The van der Waals surface area contributed by atoms with Crippen LogP contribution in [0.2, 0.25) is 0 Å². The molecule has 15 rings (SSSR count). The molecule has 6 aliphatic carbocycles. The Kier molecular flexibility index (Phi) is 24.9. The van der Waals surface area contributed by atoms with Crippen LogP contribution in [0.1, 0.15) is 132 Å². The molecule has 0 aromatic heterocycles. The normalized spacial score (nSPS) is 38.3. The maximum absolute atomic E-state index is 13.6. The molecule has 0 amide bonds. The second-order valence-electron chi connectivity index (χ2n) is 33.7. The fourth-order valence-corrected chi connectivity index (χ4v) is 22.1. The summed E-state index contributed by atoms with van der Waals surface area (Å²) in [5.41, 5.74) is -1.88. The van der Waals surface area contributed by atoms with E-state index in [0.717, 1.165) is 77.0 Å². The van der Waals surface area contributed by atoms with Gasteiger partial charge in [-0.3, -0.25) is 28.8 Å². The predicted octanol–water partition coefficient (Wildman–Crippen LogP) is 1.16. The summed E-state index contributed by atoms with van der Waals surface area (Å²) in [6.45, 7) is 3.65. The molecule has 9 aliphatic heterocycles. The molecule has 12 bridgehead atoms. The van der Waals surface area contributed by atoms with Crippen LogP contribution in [0.15, 0.2) is 0 Å². The Morgan fingerprint density at radius 3 is 1.01 bits per heavy atom. The molecule has 48 heteroatoms. The highest BCUT2D eigenvalue weighted by Crippen LogP contribution is 2.61. The van der Waals surface area contributed by atoms with Crippen LogP contribution in [0.3, 0.4) is 0 Å². The molecular weight excluding hydrogens is 1700 g/mol. The molecule has 30 unspecified atom stereocenters. The van der Waals surface area contributed by atoms with Gasteiger partial charge in [0.1, 0.15) is 129 Å². The summed E-state index contributed by atoms with van der Waals surface area (Å²) >= 11 is 0. The van der Waals surface area contributed by atoms with Gasteiger partial charge in [-0.1, -0.05) is 20.8 Å². The van der Waals surface area contributed by atoms with Crippen LogP contribution in [0.5, 0.6) is 0 Å². The van der Waals surface area contributed by atoms with Crippen LogP contribution in [-0.2, 0) is 173 Å². The minimum atomic E-state index is -6.09. The summed E-state index contributed by atoms with van der Waals surface area (Å²) in [4.78, 5) is 150. The van der Waals surface area contributed by atoms with Crippen LogP contribution >= 0.6 is 0 Å². The quantitative estimate of drug-likeness (QED) is 0.0395. The fourth-order valence-electron chi connectivity index (χ4n) is 20.7. The molecule has 9 saturated heterocycles. The van der Waals surface area contributed by atoms with Gasteiger partial charge in [-0.25, -0.2) is 54.0 Å². The molecule has 0 aromatic carbocycles. The first kappa shape index (κ1) is 90.4. The number of hydrogen-bond donors (Lipinski definition) is 0. The highest BCUT2D eigenvalue weighted by atomic mass is 32.2. The van der Waals surface area contributed by atoms with Gasteiger partial charge in [0.25, 0.3) is 0 Å². The molecule has 30 atom stereocenters. The van der Waals surface area contributed by atoms with Crippen LogP contribution in [0.25, 0.3) is 0 Å². The van der Waals surface area contributed by atoms with E-state index in [-0.39, 0.29) is 23.7 Å². The van der Waals surface area contributed by atoms with Crippen molar-refractivity contribution in [1.29, 1.82) is 0 Å². The van der Waals surface area contributed by atoms with Crippen molar-refractivity contribution in [2.24, 2.45) is 76.9 Å². The smallest absolute Gasteiger partial charge is 0.370 e. The number of carbonyl (C=O) groups is 12. The second kappa shape index (κ2) is 33.0. The van der Waals surface area contributed by atoms with E-state index in [2.05, 4.69) is 14.2 Å². The summed E-state index contributed by atoms with van der Waals surface area (Å²) in [6.07, 6.45) is -7.48. The topological polar surface area (TPSA) is 543 Å². The number of halogens is 6. The number of esters is 12. The molecular formula is C72H87F6O39S3-3. The Morgan fingerprint density at radius 1 is 0.417 bits per heavy atom. The summed E-state index contributed by atoms with van der Waals surface area (Å²) in [7, 11) is -18.3. The number of alkyl halides is 6. The number of ether oxygens (including phenoxy) is 18. The van der Waals surface area contributed by atoms with Crippen molar-refractivity contribution in [3.05, 3.63) is 0 Å². The molecule has 15 aliphatic rings. The van der Waals surface area contributed by atoms with E-state index in [0.29, 0.717) is 44.9 Å². The van der Waals surface area contributed by atoms with Gasteiger partial charge in [0.15, 0.2) is 85.3 Å². The molecule has 0 spiro atoms. The van der Waals surface area contributed by atoms with E-state index in [1.54, 1.807) is 0 Å². The first-order valence-corrected chi connectivity index (χ1v) is 43.3. The maximum Gasteiger partial charge on any atom is 0.370 e. The van der Waals surface area contributed by atoms with Gasteiger partial charge in [0.05, 0.1) is 0 Å². The van der Waals surface area contributed by atoms with E-state index in [1.807, 2.05) is 27.7 Å². The van der Waals surface area contributed by atoms with Crippen LogP contribution in [0.4, 0.5) is 26.3 Å². The minimum absolute atomic E-state index is 0.0564. The zero-order chi connectivity index (χ0) is 87.8. The van der Waals surface area contributed by atoms with Crippen molar-refractivity contribution < 1.29 is 208 Å². The highest BCUT2D eigenvalue weighted by molar-refractivity contribution is 7.87. The highest BCUT2D eigenvalue weighted by Gasteiger charge is 2.76. The number of hydrogen-bond acceptors (Lipinski definition) is 39. The number of carbonyl (C=O) groups excluding carboxylic acids is 12. The Labute approximate surface area is 679 Å². The maximum atomic E-state index is 13.6. The summed E-state index contributed by atoms with van der Waals surface area (Å²) < 4.78 is 271. The SMILES string of the molecule is CC(C)C1(OC(=O)C2C3OC4C(OC(=O)C42)C3OC(=O)COCC(=O)OC(C)C(F)(F)S(=O)(=O)[O-])CC2CCC1C2.CC(OC(=O)COCC(=O)OC1C2OC(=O)C3C2OC1C3C(=O)OC1(C)CC2CCC1C2)C(F)(F)S(=O)(=O)[O-].CCC1(OC(=O)C2C3OC4C(OC(=O)C42)C3OC(=O)COCC(=O)OC(C)C(F)(F)S(=O)(=O)[O-])CC2CCC1C2. The van der Waals surface area contributed by atoms with Crippen molar-refractivity contribution in [3.8, 4) is 0 Å². The summed E-state index contributed by atoms with van der Waals surface area (Å²) in [6, 6.07) is 0. The largest absolute Gasteiger partial charge is 0.743 e. The Hall–Kier alpha value is -7.29. The number of fused-ring (bicyclic) bond motifs is 9. The molecule has 0 N–H and O–H groups in total. The lowest BCUT2D eigenvalue weighted by molar-refractivity contribution is -0.185.